The molecule has 2 unspecified atom stereocenters. The molecule has 0 aromatic carbocycles. The van der Waals surface area contributed by atoms with Gasteiger partial charge >= 0.3 is 0 Å². The van der Waals surface area contributed by atoms with E-state index in [9.17, 15) is 0 Å². The third kappa shape index (κ3) is 4.29. The number of aliphatic imine (C=N–C) groups is 1. The van der Waals surface area contributed by atoms with Crippen molar-refractivity contribution in [1.29, 1.82) is 0 Å². The molecule has 1 N–H and O–H groups in total. The van der Waals surface area contributed by atoms with E-state index >= 15 is 0 Å². The second kappa shape index (κ2) is 5.56. The van der Waals surface area contributed by atoms with Gasteiger partial charge in [0.25, 0.3) is 0 Å². The van der Waals surface area contributed by atoms with Crippen molar-refractivity contribution in [3.63, 3.8) is 0 Å². The lowest BCUT2D eigenvalue weighted by atomic mass is 10.2. The Morgan fingerprint density at radius 2 is 2.14 bits per heavy atom. The highest BCUT2D eigenvalue weighted by atomic mass is 32.2. The quantitative estimate of drug-likeness (QED) is 0.624. The Morgan fingerprint density at radius 3 is 2.86 bits per heavy atom. The van der Waals surface area contributed by atoms with E-state index in [4.69, 9.17) is 0 Å². The Morgan fingerprint density at radius 1 is 1.43 bits per heavy atom. The van der Waals surface area contributed by atoms with Gasteiger partial charge in [0.15, 0.2) is 0 Å². The standard InChI is InChI=1S/C11H20N2S/c1-8-5-9(2)12-6-10(3)13-11(4)14-7-8/h5,9,11-12H,6-7H2,1-4H3. The van der Waals surface area contributed by atoms with Crippen LogP contribution in [0.15, 0.2) is 16.6 Å². The van der Waals surface area contributed by atoms with Gasteiger partial charge in [-0.1, -0.05) is 11.6 Å². The normalized spacial score (nSPS) is 30.6. The van der Waals surface area contributed by atoms with Gasteiger partial charge < -0.3 is 5.32 Å². The average molecular weight is 212 g/mol. The van der Waals surface area contributed by atoms with Crippen LogP contribution in [0.1, 0.15) is 27.7 Å². The summed E-state index contributed by atoms with van der Waals surface area (Å²) in [5, 5.41) is 3.82. The minimum absolute atomic E-state index is 0.383. The summed E-state index contributed by atoms with van der Waals surface area (Å²) >= 11 is 1.91. The highest BCUT2D eigenvalue weighted by Gasteiger charge is 2.06. The first-order valence-corrected chi connectivity index (χ1v) is 6.18. The molecule has 0 fully saturated rings. The van der Waals surface area contributed by atoms with E-state index in [1.165, 1.54) is 11.3 Å². The van der Waals surface area contributed by atoms with Crippen molar-refractivity contribution < 1.29 is 0 Å². The third-order valence-electron chi connectivity index (χ3n) is 2.17. The van der Waals surface area contributed by atoms with Crippen LogP contribution in [-0.4, -0.2) is 29.4 Å². The summed E-state index contributed by atoms with van der Waals surface area (Å²) in [7, 11) is 0. The van der Waals surface area contributed by atoms with Crippen LogP contribution in [0.3, 0.4) is 0 Å². The number of thioether (sulfide) groups is 1. The molecular formula is C11H20N2S. The second-order valence-corrected chi connectivity index (χ2v) is 5.26. The minimum Gasteiger partial charge on any atom is -0.306 e. The van der Waals surface area contributed by atoms with E-state index in [1.807, 2.05) is 11.8 Å². The van der Waals surface area contributed by atoms with E-state index in [2.05, 4.69) is 44.1 Å². The van der Waals surface area contributed by atoms with Crippen LogP contribution in [0.25, 0.3) is 0 Å². The van der Waals surface area contributed by atoms with Crippen molar-refractivity contribution in [3.8, 4) is 0 Å². The van der Waals surface area contributed by atoms with E-state index in [1.54, 1.807) is 0 Å². The van der Waals surface area contributed by atoms with Gasteiger partial charge in [0.05, 0.1) is 5.37 Å². The maximum absolute atomic E-state index is 4.60. The van der Waals surface area contributed by atoms with Gasteiger partial charge in [-0.25, -0.2) is 0 Å². The summed E-state index contributed by atoms with van der Waals surface area (Å²) in [6, 6.07) is 0.453. The Labute approximate surface area is 91.3 Å². The Bertz CT molecular complexity index is 220. The molecular weight excluding hydrogens is 192 g/mol. The molecule has 0 aromatic rings. The van der Waals surface area contributed by atoms with E-state index in [0.29, 0.717) is 11.4 Å². The first-order chi connectivity index (χ1) is 6.58. The predicted molar refractivity (Wildman–Crippen MR) is 66.3 cm³/mol. The molecule has 14 heavy (non-hydrogen) atoms. The van der Waals surface area contributed by atoms with Crippen LogP contribution < -0.4 is 5.32 Å². The van der Waals surface area contributed by atoms with Crippen LogP contribution in [0.2, 0.25) is 0 Å². The molecule has 0 saturated carbocycles. The first kappa shape index (κ1) is 11.8. The van der Waals surface area contributed by atoms with E-state index in [-0.39, 0.29) is 0 Å². The van der Waals surface area contributed by atoms with Gasteiger partial charge in [0, 0.05) is 24.1 Å². The molecule has 2 atom stereocenters. The van der Waals surface area contributed by atoms with E-state index < -0.39 is 0 Å². The zero-order valence-electron chi connectivity index (χ0n) is 9.50. The lowest BCUT2D eigenvalue weighted by Gasteiger charge is -2.15. The lowest BCUT2D eigenvalue weighted by Crippen LogP contribution is -2.30. The zero-order valence-corrected chi connectivity index (χ0v) is 10.3. The molecule has 0 bridgehead atoms. The molecule has 0 aliphatic carbocycles. The molecule has 1 heterocycles. The molecule has 80 valence electrons. The van der Waals surface area contributed by atoms with Crippen molar-refractivity contribution >= 4 is 17.5 Å². The second-order valence-electron chi connectivity index (χ2n) is 3.96. The smallest absolute Gasteiger partial charge is 0.0926 e. The maximum Gasteiger partial charge on any atom is 0.0926 e. The monoisotopic (exact) mass is 212 g/mol. The van der Waals surface area contributed by atoms with Crippen molar-refractivity contribution in [2.75, 3.05) is 12.3 Å². The van der Waals surface area contributed by atoms with Crippen LogP contribution in [0, 0.1) is 0 Å². The first-order valence-electron chi connectivity index (χ1n) is 5.13. The van der Waals surface area contributed by atoms with Gasteiger partial charge in [-0.15, -0.1) is 11.8 Å². The summed E-state index contributed by atoms with van der Waals surface area (Å²) in [6.45, 7) is 9.53. The molecule has 1 rings (SSSR count). The average Bonchev–Trinajstić information content (AvgIpc) is 2.11. The molecule has 0 aromatic heterocycles. The van der Waals surface area contributed by atoms with Gasteiger partial charge in [-0.3, -0.25) is 4.99 Å². The largest absolute Gasteiger partial charge is 0.306 e. The highest BCUT2D eigenvalue weighted by Crippen LogP contribution is 2.16. The summed E-state index contributed by atoms with van der Waals surface area (Å²) in [5.41, 5.74) is 2.64. The molecule has 0 amide bonds. The van der Waals surface area contributed by atoms with Crippen molar-refractivity contribution in [3.05, 3.63) is 11.6 Å². The summed E-state index contributed by atoms with van der Waals surface area (Å²) < 4.78 is 0. The van der Waals surface area contributed by atoms with Crippen LogP contribution in [0.4, 0.5) is 0 Å². The Kier molecular flexibility index (Phi) is 4.69. The van der Waals surface area contributed by atoms with Crippen molar-refractivity contribution in [1.82, 2.24) is 5.32 Å². The molecule has 0 saturated heterocycles. The fourth-order valence-corrected chi connectivity index (χ4v) is 2.34. The number of nitrogens with one attached hydrogen (secondary N) is 1. The lowest BCUT2D eigenvalue weighted by molar-refractivity contribution is 0.690. The zero-order chi connectivity index (χ0) is 10.6. The Balaban J connectivity index is 2.65. The van der Waals surface area contributed by atoms with Crippen molar-refractivity contribution in [2.45, 2.75) is 39.1 Å². The fraction of sp³-hybridized carbons (Fsp3) is 0.727. The van der Waals surface area contributed by atoms with Crippen molar-refractivity contribution in [2.24, 2.45) is 4.99 Å². The SMILES string of the molecule is CC1=CC(C)NCC(C)=NC(C)SC1. The third-order valence-corrected chi connectivity index (χ3v) is 3.38. The van der Waals surface area contributed by atoms with Gasteiger partial charge in [-0.05, 0) is 27.7 Å². The molecule has 1 aliphatic rings. The molecule has 1 aliphatic heterocycles. The molecule has 0 spiro atoms. The number of hydrogen-bond acceptors (Lipinski definition) is 3. The van der Waals surface area contributed by atoms with Gasteiger partial charge in [-0.2, -0.15) is 0 Å². The van der Waals surface area contributed by atoms with Crippen LogP contribution in [0.5, 0.6) is 0 Å². The molecule has 0 radical (unpaired) electrons. The fourth-order valence-electron chi connectivity index (χ4n) is 1.49. The van der Waals surface area contributed by atoms with E-state index in [0.717, 1.165) is 12.3 Å². The molecule has 2 nitrogen and oxygen atoms in total. The number of nitrogens with zero attached hydrogens (tertiary/aromatic N) is 1. The summed E-state index contributed by atoms with van der Waals surface area (Å²) in [6.07, 6.45) is 2.30. The number of hydrogen-bond donors (Lipinski definition) is 1. The summed E-state index contributed by atoms with van der Waals surface area (Å²) in [4.78, 5) is 4.60. The topological polar surface area (TPSA) is 24.4 Å². The number of rotatable bonds is 0. The summed E-state index contributed by atoms with van der Waals surface area (Å²) in [5.74, 6) is 1.09. The van der Waals surface area contributed by atoms with Gasteiger partial charge in [0.2, 0.25) is 0 Å². The molecule has 3 heteroatoms. The van der Waals surface area contributed by atoms with Crippen LogP contribution in [-0.2, 0) is 0 Å². The van der Waals surface area contributed by atoms with Gasteiger partial charge in [0.1, 0.15) is 0 Å². The predicted octanol–water partition coefficient (Wildman–Crippen LogP) is 2.46. The Hall–Kier alpha value is -0.280. The minimum atomic E-state index is 0.383. The maximum atomic E-state index is 4.60. The van der Waals surface area contributed by atoms with Crippen LogP contribution >= 0.6 is 11.8 Å². The highest BCUT2D eigenvalue weighted by molar-refractivity contribution is 8.00.